The molecule has 0 aromatic carbocycles. The van der Waals surface area contributed by atoms with Crippen molar-refractivity contribution in [1.82, 2.24) is 10.2 Å². The van der Waals surface area contributed by atoms with Crippen molar-refractivity contribution in [3.63, 3.8) is 0 Å². The van der Waals surface area contributed by atoms with Crippen molar-refractivity contribution in [2.45, 2.75) is 96.3 Å². The van der Waals surface area contributed by atoms with Gasteiger partial charge in [0.2, 0.25) is 5.91 Å². The van der Waals surface area contributed by atoms with Crippen LogP contribution in [0.3, 0.4) is 0 Å². The second-order valence-electron chi connectivity index (χ2n) is 7.78. The summed E-state index contributed by atoms with van der Waals surface area (Å²) in [5, 5.41) is 12.7. The third-order valence-corrected chi connectivity index (χ3v) is 5.87. The van der Waals surface area contributed by atoms with Crippen LogP contribution in [-0.4, -0.2) is 58.6 Å². The molecule has 7 nitrogen and oxygen atoms in total. The van der Waals surface area contributed by atoms with Crippen LogP contribution in [0.5, 0.6) is 0 Å². The number of rotatable bonds is 9. The van der Waals surface area contributed by atoms with Crippen LogP contribution >= 0.6 is 0 Å². The lowest BCUT2D eigenvalue weighted by Crippen LogP contribution is -2.55. The fourth-order valence-corrected chi connectivity index (χ4v) is 4.51. The maximum atomic E-state index is 13.2. The number of nitrogens with one attached hydrogen (secondary N) is 1. The lowest BCUT2D eigenvalue weighted by molar-refractivity contribution is -0.152. The number of aliphatic carboxylic acids is 1. The predicted octanol–water partition coefficient (Wildman–Crippen LogP) is 2.33. The molecule has 154 valence electrons. The van der Waals surface area contributed by atoms with Crippen molar-refractivity contribution < 1.29 is 24.2 Å². The first-order valence-corrected chi connectivity index (χ1v) is 10.4. The molecule has 1 saturated carbocycles. The van der Waals surface area contributed by atoms with Gasteiger partial charge < -0.3 is 14.7 Å². The van der Waals surface area contributed by atoms with Crippen molar-refractivity contribution in [3.8, 4) is 0 Å². The third kappa shape index (κ3) is 5.21. The molecule has 2 N–H and O–H groups in total. The minimum Gasteiger partial charge on any atom is -0.480 e. The van der Waals surface area contributed by atoms with E-state index >= 15 is 0 Å². The molecular formula is C20H34N2O5. The Morgan fingerprint density at radius 1 is 1.22 bits per heavy atom. The average Bonchev–Trinajstić information content (AvgIpc) is 3.04. The van der Waals surface area contributed by atoms with E-state index < -0.39 is 24.1 Å². The second kappa shape index (κ2) is 10.1. The van der Waals surface area contributed by atoms with Gasteiger partial charge in [-0.3, -0.25) is 14.9 Å². The number of hydrogen-bond acceptors (Lipinski definition) is 5. The second-order valence-corrected chi connectivity index (χ2v) is 7.78. The fraction of sp³-hybridized carbons (Fsp3) is 0.850. The molecule has 3 unspecified atom stereocenters. The SMILES string of the molecule is CCCCC(N[C@@H](C)C(=O)N1C2CCCCC2C[C@H]1C(=O)O)C(=O)OCC. The smallest absolute Gasteiger partial charge is 0.326 e. The Bertz CT molecular complexity index is 538. The normalized spacial score (nSPS) is 26.9. The Balaban J connectivity index is 2.10. The molecule has 27 heavy (non-hydrogen) atoms. The molecule has 1 amide bonds. The molecule has 0 spiro atoms. The van der Waals surface area contributed by atoms with Crippen LogP contribution in [0.2, 0.25) is 0 Å². The minimum absolute atomic E-state index is 0.00767. The number of nitrogens with zero attached hydrogens (tertiary/aromatic N) is 1. The number of likely N-dealkylation sites (tertiary alicyclic amines) is 1. The minimum atomic E-state index is -0.933. The standard InChI is InChI=1S/C20H34N2O5/c1-4-6-10-15(20(26)27-5-2)21-13(3)18(23)22-16-11-8-7-9-14(16)12-17(22)19(24)25/h13-17,21H,4-12H2,1-3H3,(H,24,25)/t13-,14?,15?,16?,17-/m0/s1. The number of hydrogen-bond donors (Lipinski definition) is 2. The Hall–Kier alpha value is -1.63. The molecule has 2 aliphatic rings. The van der Waals surface area contributed by atoms with Gasteiger partial charge in [-0.05, 0) is 45.4 Å². The maximum absolute atomic E-state index is 13.2. The summed E-state index contributed by atoms with van der Waals surface area (Å²) in [7, 11) is 0. The van der Waals surface area contributed by atoms with E-state index in [-0.39, 0.29) is 23.8 Å². The van der Waals surface area contributed by atoms with Gasteiger partial charge in [0.05, 0.1) is 12.6 Å². The van der Waals surface area contributed by atoms with Crippen LogP contribution in [0, 0.1) is 5.92 Å². The largest absolute Gasteiger partial charge is 0.480 e. The van der Waals surface area contributed by atoms with E-state index in [1.807, 2.05) is 6.92 Å². The van der Waals surface area contributed by atoms with Crippen LogP contribution in [0.25, 0.3) is 0 Å². The van der Waals surface area contributed by atoms with E-state index in [4.69, 9.17) is 4.74 Å². The van der Waals surface area contributed by atoms with E-state index in [0.717, 1.165) is 38.5 Å². The summed E-state index contributed by atoms with van der Waals surface area (Å²) in [4.78, 5) is 38.7. The highest BCUT2D eigenvalue weighted by molar-refractivity contribution is 5.88. The summed E-state index contributed by atoms with van der Waals surface area (Å²) in [6.07, 6.45) is 6.91. The number of amides is 1. The number of carboxylic acids is 1. The molecule has 7 heteroatoms. The molecule has 0 bridgehead atoms. The summed E-state index contributed by atoms with van der Waals surface area (Å²) in [5.41, 5.74) is 0. The molecular weight excluding hydrogens is 348 g/mol. The Labute approximate surface area is 161 Å². The van der Waals surface area contributed by atoms with Crippen molar-refractivity contribution in [1.29, 1.82) is 0 Å². The molecule has 1 saturated heterocycles. The van der Waals surface area contributed by atoms with Gasteiger partial charge in [0.1, 0.15) is 12.1 Å². The Morgan fingerprint density at radius 3 is 2.56 bits per heavy atom. The monoisotopic (exact) mass is 382 g/mol. The number of fused-ring (bicyclic) bond motifs is 1. The average molecular weight is 383 g/mol. The lowest BCUT2D eigenvalue weighted by Gasteiger charge is -2.35. The quantitative estimate of drug-likeness (QED) is 0.594. The molecule has 2 fully saturated rings. The van der Waals surface area contributed by atoms with E-state index in [0.29, 0.717) is 19.4 Å². The van der Waals surface area contributed by atoms with Crippen LogP contribution in [0.4, 0.5) is 0 Å². The molecule has 5 atom stereocenters. The summed E-state index contributed by atoms with van der Waals surface area (Å²) in [5.74, 6) is -1.23. The summed E-state index contributed by atoms with van der Waals surface area (Å²) >= 11 is 0. The highest BCUT2D eigenvalue weighted by Gasteiger charge is 2.48. The zero-order valence-corrected chi connectivity index (χ0v) is 16.8. The molecule has 1 aliphatic heterocycles. The summed E-state index contributed by atoms with van der Waals surface area (Å²) in [6.45, 7) is 5.81. The Morgan fingerprint density at radius 2 is 1.93 bits per heavy atom. The number of unbranched alkanes of at least 4 members (excludes halogenated alkanes) is 1. The number of ether oxygens (including phenoxy) is 1. The van der Waals surface area contributed by atoms with E-state index in [9.17, 15) is 19.5 Å². The van der Waals surface area contributed by atoms with E-state index in [2.05, 4.69) is 5.32 Å². The first kappa shape index (κ1) is 21.7. The fourth-order valence-electron chi connectivity index (χ4n) is 4.51. The predicted molar refractivity (Wildman–Crippen MR) is 101 cm³/mol. The highest BCUT2D eigenvalue weighted by atomic mass is 16.5. The van der Waals surface area contributed by atoms with E-state index in [1.54, 1.807) is 18.7 Å². The topological polar surface area (TPSA) is 95.9 Å². The molecule has 0 aromatic heterocycles. The zero-order chi connectivity index (χ0) is 20.0. The van der Waals surface area contributed by atoms with Gasteiger partial charge in [0.25, 0.3) is 0 Å². The van der Waals surface area contributed by atoms with Crippen LogP contribution in [0.1, 0.15) is 72.1 Å². The number of carboxylic acid groups (broad SMARTS) is 1. The zero-order valence-electron chi connectivity index (χ0n) is 16.8. The van der Waals surface area contributed by atoms with Gasteiger partial charge in [0, 0.05) is 6.04 Å². The van der Waals surface area contributed by atoms with E-state index in [1.165, 1.54) is 0 Å². The number of carbonyl (C=O) groups is 3. The molecule has 1 aliphatic carbocycles. The van der Waals surface area contributed by atoms with Gasteiger partial charge >= 0.3 is 11.9 Å². The first-order chi connectivity index (χ1) is 12.9. The summed E-state index contributed by atoms with van der Waals surface area (Å²) < 4.78 is 5.13. The van der Waals surface area contributed by atoms with Crippen LogP contribution < -0.4 is 5.32 Å². The van der Waals surface area contributed by atoms with Gasteiger partial charge in [-0.1, -0.05) is 32.6 Å². The van der Waals surface area contributed by atoms with Gasteiger partial charge in [-0.15, -0.1) is 0 Å². The lowest BCUT2D eigenvalue weighted by atomic mass is 9.84. The maximum Gasteiger partial charge on any atom is 0.326 e. The molecule has 2 rings (SSSR count). The van der Waals surface area contributed by atoms with Crippen molar-refractivity contribution in [2.75, 3.05) is 6.61 Å². The summed E-state index contributed by atoms with van der Waals surface area (Å²) in [6, 6.07) is -1.92. The van der Waals surface area contributed by atoms with Crippen LogP contribution in [-0.2, 0) is 19.1 Å². The van der Waals surface area contributed by atoms with Crippen LogP contribution in [0.15, 0.2) is 0 Å². The van der Waals surface area contributed by atoms with Gasteiger partial charge in [0.15, 0.2) is 0 Å². The molecule has 0 aromatic rings. The number of esters is 1. The van der Waals surface area contributed by atoms with Crippen molar-refractivity contribution >= 4 is 17.8 Å². The van der Waals surface area contributed by atoms with Crippen molar-refractivity contribution in [2.24, 2.45) is 5.92 Å². The van der Waals surface area contributed by atoms with Gasteiger partial charge in [-0.25, -0.2) is 4.79 Å². The third-order valence-electron chi connectivity index (χ3n) is 5.87. The highest BCUT2D eigenvalue weighted by Crippen LogP contribution is 2.40. The Kier molecular flexibility index (Phi) is 8.07. The van der Waals surface area contributed by atoms with Gasteiger partial charge in [-0.2, -0.15) is 0 Å². The number of carbonyl (C=O) groups excluding carboxylic acids is 2. The molecule has 1 heterocycles. The van der Waals surface area contributed by atoms with Crippen molar-refractivity contribution in [3.05, 3.63) is 0 Å². The molecule has 0 radical (unpaired) electrons. The first-order valence-electron chi connectivity index (χ1n) is 10.4.